The molecule has 0 spiro atoms. The summed E-state index contributed by atoms with van der Waals surface area (Å²) in [7, 11) is 0. The molecule has 1 amide bonds. The van der Waals surface area contributed by atoms with Gasteiger partial charge in [-0.15, -0.1) is 0 Å². The van der Waals surface area contributed by atoms with Gasteiger partial charge in [0.15, 0.2) is 0 Å². The third kappa shape index (κ3) is 4.14. The van der Waals surface area contributed by atoms with Crippen LogP contribution in [0.3, 0.4) is 0 Å². The second-order valence-electron chi connectivity index (χ2n) is 5.31. The number of nitrogens with one attached hydrogen (secondary N) is 1. The summed E-state index contributed by atoms with van der Waals surface area (Å²) in [6.45, 7) is 2.47. The van der Waals surface area contributed by atoms with Gasteiger partial charge in [-0.05, 0) is 37.3 Å². The van der Waals surface area contributed by atoms with Crippen molar-refractivity contribution in [3.63, 3.8) is 0 Å². The fourth-order valence-electron chi connectivity index (χ4n) is 2.45. The Kier molecular flexibility index (Phi) is 5.26. The van der Waals surface area contributed by atoms with Crippen molar-refractivity contribution < 1.29 is 4.79 Å². The third-order valence-corrected chi connectivity index (χ3v) is 3.85. The first kappa shape index (κ1) is 16.9. The van der Waals surface area contributed by atoms with Crippen LogP contribution in [0.2, 0.25) is 5.02 Å². The van der Waals surface area contributed by atoms with E-state index >= 15 is 0 Å². The Labute approximate surface area is 151 Å². The van der Waals surface area contributed by atoms with E-state index in [-0.39, 0.29) is 5.91 Å². The number of amides is 1. The molecule has 0 fully saturated rings. The number of aromatic nitrogens is 2. The van der Waals surface area contributed by atoms with E-state index in [2.05, 4.69) is 15.3 Å². The maximum Gasteiger partial charge on any atom is 0.277 e. The molecule has 0 atom stereocenters. The van der Waals surface area contributed by atoms with E-state index in [4.69, 9.17) is 11.6 Å². The normalized spacial score (nSPS) is 10.3. The molecule has 1 aromatic heterocycles. The van der Waals surface area contributed by atoms with Crippen LogP contribution in [0, 0.1) is 0 Å². The van der Waals surface area contributed by atoms with Gasteiger partial charge in [-0.25, -0.2) is 9.97 Å². The van der Waals surface area contributed by atoms with Gasteiger partial charge >= 0.3 is 0 Å². The number of hydrogen-bond donors (Lipinski definition) is 1. The lowest BCUT2D eigenvalue weighted by atomic mass is 10.2. The molecule has 25 heavy (non-hydrogen) atoms. The highest BCUT2D eigenvalue weighted by molar-refractivity contribution is 6.30. The largest absolute Gasteiger partial charge is 0.340 e. The molecular weight excluding hydrogens is 336 g/mol. The Hall–Kier alpha value is -2.92. The molecule has 3 rings (SSSR count). The maximum atomic E-state index is 12.8. The van der Waals surface area contributed by atoms with Gasteiger partial charge in [-0.3, -0.25) is 4.79 Å². The average Bonchev–Trinajstić information content (AvgIpc) is 2.63. The van der Waals surface area contributed by atoms with Crippen LogP contribution < -0.4 is 10.2 Å². The van der Waals surface area contributed by atoms with E-state index in [0.29, 0.717) is 23.1 Å². The van der Waals surface area contributed by atoms with Gasteiger partial charge in [0.05, 0.1) is 0 Å². The van der Waals surface area contributed by atoms with E-state index in [1.807, 2.05) is 49.4 Å². The molecule has 0 saturated heterocycles. The number of carbonyl (C=O) groups excluding carboxylic acids is 1. The van der Waals surface area contributed by atoms with E-state index < -0.39 is 0 Å². The third-order valence-electron chi connectivity index (χ3n) is 3.61. The summed E-state index contributed by atoms with van der Waals surface area (Å²) in [4.78, 5) is 22.8. The van der Waals surface area contributed by atoms with E-state index in [1.54, 1.807) is 23.1 Å². The monoisotopic (exact) mass is 352 g/mol. The van der Waals surface area contributed by atoms with Crippen molar-refractivity contribution in [1.29, 1.82) is 0 Å². The zero-order valence-electron chi connectivity index (χ0n) is 13.7. The van der Waals surface area contributed by atoms with Crippen LogP contribution >= 0.6 is 11.6 Å². The Morgan fingerprint density at radius 1 is 1.08 bits per heavy atom. The summed E-state index contributed by atoms with van der Waals surface area (Å²) in [5, 5.41) is 3.75. The summed E-state index contributed by atoms with van der Waals surface area (Å²) in [6, 6.07) is 18.4. The Morgan fingerprint density at radius 3 is 2.60 bits per heavy atom. The van der Waals surface area contributed by atoms with Crippen molar-refractivity contribution in [3.8, 4) is 0 Å². The van der Waals surface area contributed by atoms with Crippen LogP contribution in [0.25, 0.3) is 0 Å². The number of benzene rings is 2. The number of nitrogens with zero attached hydrogens (tertiary/aromatic N) is 3. The second-order valence-corrected chi connectivity index (χ2v) is 5.75. The lowest BCUT2D eigenvalue weighted by Crippen LogP contribution is -2.31. The molecular formula is C19H17ClN4O. The van der Waals surface area contributed by atoms with E-state index in [9.17, 15) is 4.79 Å². The summed E-state index contributed by atoms with van der Waals surface area (Å²) in [5.41, 5.74) is 1.95. The van der Waals surface area contributed by atoms with Crippen molar-refractivity contribution in [2.24, 2.45) is 0 Å². The van der Waals surface area contributed by atoms with Crippen LogP contribution in [0.5, 0.6) is 0 Å². The molecule has 1 heterocycles. The first-order valence-electron chi connectivity index (χ1n) is 7.89. The zero-order valence-corrected chi connectivity index (χ0v) is 14.4. The van der Waals surface area contributed by atoms with E-state index in [0.717, 1.165) is 11.4 Å². The van der Waals surface area contributed by atoms with Crippen molar-refractivity contribution in [1.82, 2.24) is 9.97 Å². The van der Waals surface area contributed by atoms with Crippen LogP contribution in [-0.4, -0.2) is 22.4 Å². The first-order chi connectivity index (χ1) is 12.2. The Bertz CT molecular complexity index is 870. The highest BCUT2D eigenvalue weighted by Crippen LogP contribution is 2.20. The summed E-state index contributed by atoms with van der Waals surface area (Å²) < 4.78 is 0. The quantitative estimate of drug-likeness (QED) is 0.732. The molecule has 0 aliphatic rings. The number of rotatable bonds is 5. The standard InChI is InChI=1S/C19H17ClN4O/c1-2-24(16-9-4-3-5-10-16)19(25)17-12-18(22-13-21-17)23-15-8-6-7-14(20)11-15/h3-13H,2H2,1H3,(H,21,22,23). The van der Waals surface area contributed by atoms with Gasteiger partial charge in [0.2, 0.25) is 0 Å². The van der Waals surface area contributed by atoms with Crippen LogP contribution in [0.1, 0.15) is 17.4 Å². The number of para-hydroxylation sites is 1. The van der Waals surface area contributed by atoms with Crippen LogP contribution in [-0.2, 0) is 0 Å². The number of halogens is 1. The minimum atomic E-state index is -0.176. The highest BCUT2D eigenvalue weighted by atomic mass is 35.5. The molecule has 5 nitrogen and oxygen atoms in total. The fourth-order valence-corrected chi connectivity index (χ4v) is 2.64. The zero-order chi connectivity index (χ0) is 17.6. The molecule has 1 N–H and O–H groups in total. The van der Waals surface area contributed by atoms with Crippen LogP contribution in [0.15, 0.2) is 67.0 Å². The topological polar surface area (TPSA) is 58.1 Å². The molecule has 0 aliphatic heterocycles. The SMILES string of the molecule is CCN(C(=O)c1cc(Nc2cccc(Cl)c2)ncn1)c1ccccc1. The molecule has 126 valence electrons. The van der Waals surface area contributed by atoms with Gasteiger partial charge in [-0.2, -0.15) is 0 Å². The summed E-state index contributed by atoms with van der Waals surface area (Å²) in [6.07, 6.45) is 1.37. The lowest BCUT2D eigenvalue weighted by Gasteiger charge is -2.20. The van der Waals surface area contributed by atoms with Crippen molar-refractivity contribution in [3.05, 3.63) is 77.7 Å². The molecule has 0 radical (unpaired) electrons. The van der Waals surface area contributed by atoms with E-state index in [1.165, 1.54) is 6.33 Å². The van der Waals surface area contributed by atoms with Crippen molar-refractivity contribution in [2.75, 3.05) is 16.8 Å². The number of anilines is 3. The lowest BCUT2D eigenvalue weighted by molar-refractivity contribution is 0.0983. The van der Waals surface area contributed by atoms with Gasteiger partial charge in [0.25, 0.3) is 5.91 Å². The van der Waals surface area contributed by atoms with Crippen LogP contribution in [0.4, 0.5) is 17.2 Å². The number of hydrogen-bond acceptors (Lipinski definition) is 4. The fraction of sp³-hybridized carbons (Fsp3) is 0.105. The molecule has 0 aliphatic carbocycles. The first-order valence-corrected chi connectivity index (χ1v) is 8.26. The average molecular weight is 353 g/mol. The molecule has 3 aromatic rings. The Balaban J connectivity index is 1.84. The van der Waals surface area contributed by atoms with Crippen molar-refractivity contribution >= 4 is 34.7 Å². The Morgan fingerprint density at radius 2 is 1.88 bits per heavy atom. The maximum absolute atomic E-state index is 12.8. The second kappa shape index (κ2) is 7.77. The highest BCUT2D eigenvalue weighted by Gasteiger charge is 2.18. The van der Waals surface area contributed by atoms with Crippen molar-refractivity contribution in [2.45, 2.75) is 6.92 Å². The van der Waals surface area contributed by atoms with Gasteiger partial charge in [0.1, 0.15) is 17.8 Å². The van der Waals surface area contributed by atoms with Gasteiger partial charge in [0, 0.05) is 29.0 Å². The molecule has 0 bridgehead atoms. The molecule has 0 unspecified atom stereocenters. The minimum Gasteiger partial charge on any atom is -0.340 e. The molecule has 0 saturated carbocycles. The molecule has 6 heteroatoms. The van der Waals surface area contributed by atoms with Gasteiger partial charge < -0.3 is 10.2 Å². The van der Waals surface area contributed by atoms with Gasteiger partial charge in [-0.1, -0.05) is 35.9 Å². The summed E-state index contributed by atoms with van der Waals surface area (Å²) >= 11 is 5.99. The minimum absolute atomic E-state index is 0.176. The molecule has 2 aromatic carbocycles. The number of carbonyl (C=O) groups is 1. The smallest absolute Gasteiger partial charge is 0.277 e. The predicted octanol–water partition coefficient (Wildman–Crippen LogP) is 4.54. The summed E-state index contributed by atoms with van der Waals surface area (Å²) in [5.74, 6) is 0.356. The predicted molar refractivity (Wildman–Crippen MR) is 101 cm³/mol.